The maximum atomic E-state index is 11.5. The monoisotopic (exact) mass is 347 g/mol. The zero-order valence-electron chi connectivity index (χ0n) is 14.8. The van der Waals surface area contributed by atoms with E-state index < -0.39 is 10.8 Å². The van der Waals surface area contributed by atoms with E-state index in [9.17, 15) is 4.21 Å². The standard InChI is InChI=1S/C19H25NO3S/c1-13(15-6-9-17(10-7-15)24(5)21)20-14(2)18-12-16(22-3)8-11-19(18)23-4/h6-14,20H,1-5H3/t13-,14+,24-/m1/s1. The number of benzene rings is 2. The minimum Gasteiger partial charge on any atom is -0.497 e. The average Bonchev–Trinajstić information content (AvgIpc) is 2.60. The van der Waals surface area contributed by atoms with Crippen LogP contribution in [0.25, 0.3) is 0 Å². The summed E-state index contributed by atoms with van der Waals surface area (Å²) < 4.78 is 22.3. The topological polar surface area (TPSA) is 47.6 Å². The maximum absolute atomic E-state index is 11.5. The Morgan fingerprint density at radius 1 is 0.958 bits per heavy atom. The fourth-order valence-corrected chi connectivity index (χ4v) is 3.21. The molecule has 5 heteroatoms. The Bertz CT molecular complexity index is 700. The Morgan fingerprint density at radius 3 is 2.17 bits per heavy atom. The predicted molar refractivity (Wildman–Crippen MR) is 98.3 cm³/mol. The molecule has 0 saturated heterocycles. The molecule has 0 bridgehead atoms. The van der Waals surface area contributed by atoms with E-state index in [1.54, 1.807) is 20.5 Å². The van der Waals surface area contributed by atoms with Gasteiger partial charge in [-0.1, -0.05) is 12.1 Å². The van der Waals surface area contributed by atoms with Gasteiger partial charge < -0.3 is 14.8 Å². The summed E-state index contributed by atoms with van der Waals surface area (Å²) >= 11 is 0. The molecule has 0 aliphatic carbocycles. The van der Waals surface area contributed by atoms with Crippen molar-refractivity contribution >= 4 is 10.8 Å². The molecule has 0 spiro atoms. The number of ether oxygens (including phenoxy) is 2. The Morgan fingerprint density at radius 2 is 1.62 bits per heavy atom. The number of hydrogen-bond donors (Lipinski definition) is 1. The van der Waals surface area contributed by atoms with E-state index in [4.69, 9.17) is 9.47 Å². The summed E-state index contributed by atoms with van der Waals surface area (Å²) in [5.74, 6) is 1.64. The van der Waals surface area contributed by atoms with Crippen molar-refractivity contribution in [1.82, 2.24) is 5.32 Å². The van der Waals surface area contributed by atoms with E-state index in [0.29, 0.717) is 0 Å². The van der Waals surface area contributed by atoms with Crippen molar-refractivity contribution in [2.75, 3.05) is 20.5 Å². The summed E-state index contributed by atoms with van der Waals surface area (Å²) in [5, 5.41) is 3.58. The molecule has 0 aliphatic rings. The molecule has 2 aromatic carbocycles. The highest BCUT2D eigenvalue weighted by Gasteiger charge is 2.16. The molecule has 1 N–H and O–H groups in total. The molecule has 130 valence electrons. The van der Waals surface area contributed by atoms with E-state index in [0.717, 1.165) is 27.5 Å². The molecular weight excluding hydrogens is 322 g/mol. The van der Waals surface area contributed by atoms with Crippen LogP contribution in [-0.2, 0) is 10.8 Å². The second-order valence-corrected chi connectivity index (χ2v) is 7.12. The van der Waals surface area contributed by atoms with Crippen molar-refractivity contribution in [2.45, 2.75) is 30.8 Å². The second kappa shape index (κ2) is 8.31. The number of hydrogen-bond acceptors (Lipinski definition) is 4. The summed E-state index contributed by atoms with van der Waals surface area (Å²) in [4.78, 5) is 0.841. The summed E-state index contributed by atoms with van der Waals surface area (Å²) in [5.41, 5.74) is 2.20. The highest BCUT2D eigenvalue weighted by atomic mass is 32.2. The van der Waals surface area contributed by atoms with Gasteiger partial charge in [-0.3, -0.25) is 4.21 Å². The van der Waals surface area contributed by atoms with Crippen LogP contribution in [0.3, 0.4) is 0 Å². The van der Waals surface area contributed by atoms with Crippen molar-refractivity contribution in [3.8, 4) is 11.5 Å². The number of rotatable bonds is 7. The predicted octanol–water partition coefficient (Wildman–Crippen LogP) is 3.85. The van der Waals surface area contributed by atoms with Gasteiger partial charge >= 0.3 is 0 Å². The molecule has 3 atom stereocenters. The van der Waals surface area contributed by atoms with Crippen LogP contribution in [0.1, 0.15) is 37.1 Å². The number of nitrogens with one attached hydrogen (secondary N) is 1. The van der Waals surface area contributed by atoms with Crippen LogP contribution in [0.4, 0.5) is 0 Å². The Kier molecular flexibility index (Phi) is 6.40. The minimum atomic E-state index is -0.950. The fraction of sp³-hybridized carbons (Fsp3) is 0.368. The fourth-order valence-electron chi connectivity index (χ4n) is 2.69. The lowest BCUT2D eigenvalue weighted by molar-refractivity contribution is 0.387. The molecule has 0 aromatic heterocycles. The highest BCUT2D eigenvalue weighted by molar-refractivity contribution is 7.84. The molecular formula is C19H25NO3S. The molecule has 0 fully saturated rings. The van der Waals surface area contributed by atoms with Gasteiger partial charge in [0.15, 0.2) is 0 Å². The lowest BCUT2D eigenvalue weighted by Crippen LogP contribution is -2.23. The molecule has 0 unspecified atom stereocenters. The van der Waals surface area contributed by atoms with Crippen LogP contribution in [0.15, 0.2) is 47.4 Å². The molecule has 2 aromatic rings. The number of methoxy groups -OCH3 is 2. The van der Waals surface area contributed by atoms with Gasteiger partial charge in [-0.15, -0.1) is 0 Å². The van der Waals surface area contributed by atoms with Gasteiger partial charge in [0.05, 0.1) is 14.2 Å². The van der Waals surface area contributed by atoms with Crippen LogP contribution < -0.4 is 14.8 Å². The minimum absolute atomic E-state index is 0.0880. The van der Waals surface area contributed by atoms with Crippen LogP contribution >= 0.6 is 0 Å². The van der Waals surface area contributed by atoms with E-state index in [1.165, 1.54) is 0 Å². The Hall–Kier alpha value is -1.85. The molecule has 0 heterocycles. The van der Waals surface area contributed by atoms with Crippen LogP contribution in [0.5, 0.6) is 11.5 Å². The van der Waals surface area contributed by atoms with Crippen molar-refractivity contribution in [2.24, 2.45) is 0 Å². The van der Waals surface area contributed by atoms with Gasteiger partial charge in [-0.2, -0.15) is 0 Å². The van der Waals surface area contributed by atoms with Crippen molar-refractivity contribution in [3.05, 3.63) is 53.6 Å². The van der Waals surface area contributed by atoms with E-state index in [1.807, 2.05) is 42.5 Å². The highest BCUT2D eigenvalue weighted by Crippen LogP contribution is 2.30. The third-order valence-electron chi connectivity index (χ3n) is 4.12. The first kappa shape index (κ1) is 18.5. The first-order valence-electron chi connectivity index (χ1n) is 7.87. The van der Waals surface area contributed by atoms with E-state index in [2.05, 4.69) is 19.2 Å². The third-order valence-corrected chi connectivity index (χ3v) is 5.05. The summed E-state index contributed by atoms with van der Waals surface area (Å²) in [6.45, 7) is 4.21. The van der Waals surface area contributed by atoms with Crippen molar-refractivity contribution in [3.63, 3.8) is 0 Å². The molecule has 2 rings (SSSR count). The quantitative estimate of drug-likeness (QED) is 0.826. The maximum Gasteiger partial charge on any atom is 0.123 e. The molecule has 0 amide bonds. The molecule has 0 radical (unpaired) electrons. The van der Waals surface area contributed by atoms with Crippen LogP contribution in [0, 0.1) is 0 Å². The molecule has 0 aliphatic heterocycles. The third kappa shape index (κ3) is 4.36. The smallest absolute Gasteiger partial charge is 0.123 e. The van der Waals surface area contributed by atoms with Crippen LogP contribution in [-0.4, -0.2) is 24.7 Å². The lowest BCUT2D eigenvalue weighted by Gasteiger charge is -2.23. The first-order valence-corrected chi connectivity index (χ1v) is 9.43. The second-order valence-electron chi connectivity index (χ2n) is 5.74. The molecule has 4 nitrogen and oxygen atoms in total. The lowest BCUT2D eigenvalue weighted by atomic mass is 10.0. The summed E-state index contributed by atoms with van der Waals surface area (Å²) in [7, 11) is 2.38. The zero-order valence-corrected chi connectivity index (χ0v) is 15.6. The van der Waals surface area contributed by atoms with Gasteiger partial charge in [0.25, 0.3) is 0 Å². The largest absolute Gasteiger partial charge is 0.497 e. The van der Waals surface area contributed by atoms with Gasteiger partial charge in [0, 0.05) is 39.6 Å². The van der Waals surface area contributed by atoms with Crippen LogP contribution in [0.2, 0.25) is 0 Å². The molecule has 0 saturated carbocycles. The van der Waals surface area contributed by atoms with Gasteiger partial charge in [-0.25, -0.2) is 0 Å². The average molecular weight is 347 g/mol. The van der Waals surface area contributed by atoms with Gasteiger partial charge in [-0.05, 0) is 49.7 Å². The van der Waals surface area contributed by atoms with Crippen molar-refractivity contribution in [1.29, 1.82) is 0 Å². The van der Waals surface area contributed by atoms with Gasteiger partial charge in [0.1, 0.15) is 11.5 Å². The van der Waals surface area contributed by atoms with E-state index >= 15 is 0 Å². The SMILES string of the molecule is COc1ccc(OC)c([C@H](C)N[C@H](C)c2ccc([S@@](C)=O)cc2)c1. The normalized spacial score (nSPS) is 14.7. The van der Waals surface area contributed by atoms with Gasteiger partial charge in [0.2, 0.25) is 0 Å². The Labute approximate surface area is 146 Å². The first-order chi connectivity index (χ1) is 11.5. The van der Waals surface area contributed by atoms with E-state index in [-0.39, 0.29) is 12.1 Å². The summed E-state index contributed by atoms with van der Waals surface area (Å²) in [6.07, 6.45) is 1.69. The van der Waals surface area contributed by atoms with Crippen molar-refractivity contribution < 1.29 is 13.7 Å². The summed E-state index contributed by atoms with van der Waals surface area (Å²) in [6, 6.07) is 13.9. The Balaban J connectivity index is 2.16. The zero-order chi connectivity index (χ0) is 17.7. The molecule has 24 heavy (non-hydrogen) atoms.